The fourth-order valence-corrected chi connectivity index (χ4v) is 2.90. The molecule has 0 bridgehead atoms. The Kier molecular flexibility index (Phi) is 5.69. The van der Waals surface area contributed by atoms with Gasteiger partial charge in [0.05, 0.1) is 13.2 Å². The summed E-state index contributed by atoms with van der Waals surface area (Å²) >= 11 is 0. The van der Waals surface area contributed by atoms with Gasteiger partial charge in [0, 0.05) is 24.1 Å². The van der Waals surface area contributed by atoms with Gasteiger partial charge in [0.15, 0.2) is 6.61 Å². The van der Waals surface area contributed by atoms with Crippen LogP contribution in [0.15, 0.2) is 24.3 Å². The minimum atomic E-state index is -0.979. The van der Waals surface area contributed by atoms with Gasteiger partial charge in [-0.2, -0.15) is 0 Å². The molecule has 0 saturated heterocycles. The molecule has 138 valence electrons. The van der Waals surface area contributed by atoms with Crippen molar-refractivity contribution in [2.24, 2.45) is 11.1 Å². The van der Waals surface area contributed by atoms with Gasteiger partial charge in [-0.15, -0.1) is 0 Å². The first-order valence-corrected chi connectivity index (χ1v) is 8.26. The van der Waals surface area contributed by atoms with Crippen LogP contribution in [0.5, 0.6) is 5.75 Å². The molecule has 0 radical (unpaired) electrons. The van der Waals surface area contributed by atoms with Crippen LogP contribution in [0.1, 0.15) is 27.2 Å². The zero-order valence-corrected chi connectivity index (χ0v) is 15.1. The highest BCUT2D eigenvalue weighted by atomic mass is 16.6. The monoisotopic (exact) mass is 350 g/mol. The van der Waals surface area contributed by atoms with E-state index in [-0.39, 0.29) is 18.6 Å². The van der Waals surface area contributed by atoms with Gasteiger partial charge in [-0.3, -0.25) is 4.79 Å². The first kappa shape index (κ1) is 19.2. The summed E-state index contributed by atoms with van der Waals surface area (Å²) in [5.41, 5.74) is 5.53. The van der Waals surface area contributed by atoms with Crippen LogP contribution in [0.25, 0.3) is 0 Å². The maximum atomic E-state index is 12.6. The zero-order chi connectivity index (χ0) is 18.7. The topological polar surface area (TPSA) is 99.9 Å². The van der Waals surface area contributed by atoms with Crippen molar-refractivity contribution >= 4 is 17.6 Å². The SMILES string of the molecule is CCOC1CC(N)(C(=O)Nc2ccc(OCC(=O)OC)cc2)C1(C)C. The van der Waals surface area contributed by atoms with E-state index in [4.69, 9.17) is 15.2 Å². The molecule has 25 heavy (non-hydrogen) atoms. The van der Waals surface area contributed by atoms with Gasteiger partial charge in [-0.25, -0.2) is 4.79 Å². The van der Waals surface area contributed by atoms with Crippen molar-refractivity contribution in [3.63, 3.8) is 0 Å². The van der Waals surface area contributed by atoms with Crippen molar-refractivity contribution in [1.82, 2.24) is 0 Å². The lowest BCUT2D eigenvalue weighted by molar-refractivity contribution is -0.166. The zero-order valence-electron chi connectivity index (χ0n) is 15.1. The van der Waals surface area contributed by atoms with E-state index in [9.17, 15) is 9.59 Å². The largest absolute Gasteiger partial charge is 0.482 e. The second-order valence-electron chi connectivity index (χ2n) is 6.68. The number of nitrogens with two attached hydrogens (primary N) is 1. The van der Waals surface area contributed by atoms with Crippen LogP contribution in [0.3, 0.4) is 0 Å². The molecule has 0 heterocycles. The molecular weight excluding hydrogens is 324 g/mol. The van der Waals surface area contributed by atoms with E-state index in [2.05, 4.69) is 10.1 Å². The smallest absolute Gasteiger partial charge is 0.343 e. The van der Waals surface area contributed by atoms with E-state index in [0.29, 0.717) is 24.5 Å². The van der Waals surface area contributed by atoms with Crippen molar-refractivity contribution in [3.8, 4) is 5.75 Å². The molecule has 2 atom stereocenters. The van der Waals surface area contributed by atoms with E-state index in [1.807, 2.05) is 20.8 Å². The molecule has 1 amide bonds. The van der Waals surface area contributed by atoms with Crippen LogP contribution in [0, 0.1) is 5.41 Å². The average Bonchev–Trinajstić information content (AvgIpc) is 2.60. The molecular formula is C18H26N2O5. The summed E-state index contributed by atoms with van der Waals surface area (Å²) in [6.07, 6.45) is 0.461. The molecule has 0 aromatic heterocycles. The first-order chi connectivity index (χ1) is 11.7. The predicted molar refractivity (Wildman–Crippen MR) is 93.3 cm³/mol. The van der Waals surface area contributed by atoms with Gasteiger partial charge in [-0.1, -0.05) is 13.8 Å². The van der Waals surface area contributed by atoms with Gasteiger partial charge in [0.1, 0.15) is 11.3 Å². The summed E-state index contributed by atoms with van der Waals surface area (Å²) in [7, 11) is 1.30. The fraction of sp³-hybridized carbons (Fsp3) is 0.556. The molecule has 1 fully saturated rings. The Bertz CT molecular complexity index is 629. The van der Waals surface area contributed by atoms with E-state index >= 15 is 0 Å². The summed E-state index contributed by atoms with van der Waals surface area (Å²) in [5, 5.41) is 2.84. The third-order valence-electron chi connectivity index (χ3n) is 4.93. The van der Waals surface area contributed by atoms with Crippen molar-refractivity contribution in [3.05, 3.63) is 24.3 Å². The third kappa shape index (κ3) is 3.77. The molecule has 0 aliphatic heterocycles. The molecule has 7 nitrogen and oxygen atoms in total. The second-order valence-corrected chi connectivity index (χ2v) is 6.68. The number of benzene rings is 1. The highest BCUT2D eigenvalue weighted by Gasteiger charge is 2.62. The van der Waals surface area contributed by atoms with Gasteiger partial charge < -0.3 is 25.3 Å². The number of ether oxygens (including phenoxy) is 3. The number of hydrogen-bond acceptors (Lipinski definition) is 6. The highest BCUT2D eigenvalue weighted by Crippen LogP contribution is 2.50. The number of hydrogen-bond donors (Lipinski definition) is 2. The Morgan fingerprint density at radius 3 is 2.44 bits per heavy atom. The van der Waals surface area contributed by atoms with Crippen LogP contribution < -0.4 is 15.8 Å². The number of anilines is 1. The second kappa shape index (κ2) is 7.41. The molecule has 1 aromatic carbocycles. The van der Waals surface area contributed by atoms with Gasteiger partial charge >= 0.3 is 5.97 Å². The third-order valence-corrected chi connectivity index (χ3v) is 4.93. The molecule has 1 aliphatic carbocycles. The van der Waals surface area contributed by atoms with E-state index in [1.54, 1.807) is 24.3 Å². The molecule has 7 heteroatoms. The van der Waals surface area contributed by atoms with Crippen molar-refractivity contribution < 1.29 is 23.8 Å². The number of esters is 1. The summed E-state index contributed by atoms with van der Waals surface area (Å²) in [6, 6.07) is 6.71. The fourth-order valence-electron chi connectivity index (χ4n) is 2.90. The number of methoxy groups -OCH3 is 1. The van der Waals surface area contributed by atoms with Gasteiger partial charge in [0.25, 0.3) is 0 Å². The summed E-state index contributed by atoms with van der Waals surface area (Å²) < 4.78 is 15.4. The summed E-state index contributed by atoms with van der Waals surface area (Å²) in [5.74, 6) is -0.193. The molecule has 2 unspecified atom stereocenters. The normalized spacial score (nSPS) is 24.1. The Labute approximate surface area is 147 Å². The molecule has 3 N–H and O–H groups in total. The number of amides is 1. The lowest BCUT2D eigenvalue weighted by Gasteiger charge is -2.57. The highest BCUT2D eigenvalue weighted by molar-refractivity contribution is 5.99. The van der Waals surface area contributed by atoms with Crippen LogP contribution in [0.4, 0.5) is 5.69 Å². The lowest BCUT2D eigenvalue weighted by atomic mass is 9.54. The Hall–Kier alpha value is -2.12. The standard InChI is InChI=1S/C18H26N2O5/c1-5-24-14-10-18(19,17(14,2)3)16(22)20-12-6-8-13(9-7-12)25-11-15(21)23-4/h6-9,14H,5,10-11,19H2,1-4H3,(H,20,22). The quantitative estimate of drug-likeness (QED) is 0.726. The van der Waals surface area contributed by atoms with Crippen molar-refractivity contribution in [2.75, 3.05) is 25.6 Å². The van der Waals surface area contributed by atoms with Gasteiger partial charge in [-0.05, 0) is 31.2 Å². The van der Waals surface area contributed by atoms with E-state index in [1.165, 1.54) is 7.11 Å². The van der Waals surface area contributed by atoms with Gasteiger partial charge in [0.2, 0.25) is 5.91 Å². The molecule has 0 spiro atoms. The molecule has 2 rings (SSSR count). The lowest BCUT2D eigenvalue weighted by Crippen LogP contribution is -2.74. The molecule has 1 aliphatic rings. The van der Waals surface area contributed by atoms with E-state index in [0.717, 1.165) is 0 Å². The minimum absolute atomic E-state index is 0.0256. The first-order valence-electron chi connectivity index (χ1n) is 8.26. The molecule has 1 saturated carbocycles. The minimum Gasteiger partial charge on any atom is -0.482 e. The number of nitrogens with one attached hydrogen (secondary N) is 1. The van der Waals surface area contributed by atoms with E-state index < -0.39 is 16.9 Å². The number of carbonyl (C=O) groups is 2. The van der Waals surface area contributed by atoms with Crippen LogP contribution in [0.2, 0.25) is 0 Å². The number of carbonyl (C=O) groups excluding carboxylic acids is 2. The Morgan fingerprint density at radius 2 is 1.92 bits per heavy atom. The average molecular weight is 350 g/mol. The maximum Gasteiger partial charge on any atom is 0.343 e. The Balaban J connectivity index is 1.96. The van der Waals surface area contributed by atoms with Crippen LogP contribution in [-0.2, 0) is 19.1 Å². The summed E-state index contributed by atoms with van der Waals surface area (Å²) in [6.45, 7) is 6.25. The van der Waals surface area contributed by atoms with Crippen LogP contribution >= 0.6 is 0 Å². The number of rotatable bonds is 7. The Morgan fingerprint density at radius 1 is 1.28 bits per heavy atom. The predicted octanol–water partition coefficient (Wildman–Crippen LogP) is 1.71. The van der Waals surface area contributed by atoms with Crippen LogP contribution in [-0.4, -0.2) is 43.8 Å². The van der Waals surface area contributed by atoms with Crippen molar-refractivity contribution in [1.29, 1.82) is 0 Å². The summed E-state index contributed by atoms with van der Waals surface area (Å²) in [4.78, 5) is 23.7. The maximum absolute atomic E-state index is 12.6. The van der Waals surface area contributed by atoms with Crippen molar-refractivity contribution in [2.45, 2.75) is 38.8 Å². The molecule has 1 aromatic rings.